The summed E-state index contributed by atoms with van der Waals surface area (Å²) in [6.45, 7) is 2.66. The van der Waals surface area contributed by atoms with E-state index in [1.54, 1.807) is 19.1 Å². The average molecular weight is 354 g/mol. The second kappa shape index (κ2) is 8.38. The zero-order valence-electron chi connectivity index (χ0n) is 14.7. The monoisotopic (exact) mass is 354 g/mol. The van der Waals surface area contributed by atoms with Crippen molar-refractivity contribution in [2.24, 2.45) is 0 Å². The Hall–Kier alpha value is -3.02. The van der Waals surface area contributed by atoms with Gasteiger partial charge in [-0.2, -0.15) is 0 Å². The van der Waals surface area contributed by atoms with Gasteiger partial charge in [0.2, 0.25) is 5.91 Å². The van der Waals surface area contributed by atoms with Gasteiger partial charge in [0.15, 0.2) is 6.10 Å². The molecular weight excluding hydrogens is 332 g/mol. The maximum Gasteiger partial charge on any atom is 0.268 e. The number of rotatable bonds is 7. The molecule has 1 unspecified atom stereocenters. The lowest BCUT2D eigenvalue weighted by Gasteiger charge is -2.32. The largest absolute Gasteiger partial charge is 0.494 e. The maximum absolute atomic E-state index is 12.4. The SMILES string of the molecule is CC1Oc2ccccc2N(CC(=O)NCCCOc2ccccc2)C1=O. The van der Waals surface area contributed by atoms with Crippen molar-refractivity contribution in [1.82, 2.24) is 5.32 Å². The summed E-state index contributed by atoms with van der Waals surface area (Å²) in [4.78, 5) is 26.0. The minimum atomic E-state index is -0.600. The Morgan fingerprint density at radius 2 is 1.88 bits per heavy atom. The van der Waals surface area contributed by atoms with Gasteiger partial charge in [0, 0.05) is 6.54 Å². The van der Waals surface area contributed by atoms with E-state index in [0.717, 1.165) is 5.75 Å². The number of anilines is 1. The number of hydrogen-bond acceptors (Lipinski definition) is 4. The first kappa shape index (κ1) is 17.8. The van der Waals surface area contributed by atoms with Gasteiger partial charge in [0.25, 0.3) is 5.91 Å². The molecule has 0 saturated carbocycles. The van der Waals surface area contributed by atoms with Crippen molar-refractivity contribution in [3.05, 3.63) is 54.6 Å². The highest BCUT2D eigenvalue weighted by Gasteiger charge is 2.32. The van der Waals surface area contributed by atoms with E-state index in [1.807, 2.05) is 42.5 Å². The van der Waals surface area contributed by atoms with Crippen LogP contribution in [0.1, 0.15) is 13.3 Å². The second-order valence-electron chi connectivity index (χ2n) is 6.02. The first-order valence-electron chi connectivity index (χ1n) is 8.67. The van der Waals surface area contributed by atoms with Crippen LogP contribution in [0.5, 0.6) is 11.5 Å². The average Bonchev–Trinajstić information content (AvgIpc) is 2.66. The van der Waals surface area contributed by atoms with Crippen molar-refractivity contribution >= 4 is 17.5 Å². The summed E-state index contributed by atoms with van der Waals surface area (Å²) >= 11 is 0. The van der Waals surface area contributed by atoms with Gasteiger partial charge in [0.05, 0.1) is 12.3 Å². The molecule has 0 bridgehead atoms. The molecular formula is C20H22N2O4. The fourth-order valence-corrected chi connectivity index (χ4v) is 2.73. The minimum absolute atomic E-state index is 0.0247. The van der Waals surface area contributed by atoms with Crippen LogP contribution in [0.2, 0.25) is 0 Å². The van der Waals surface area contributed by atoms with E-state index < -0.39 is 6.10 Å². The second-order valence-corrected chi connectivity index (χ2v) is 6.02. The van der Waals surface area contributed by atoms with Crippen molar-refractivity contribution in [3.63, 3.8) is 0 Å². The first-order valence-corrected chi connectivity index (χ1v) is 8.67. The van der Waals surface area contributed by atoms with Gasteiger partial charge >= 0.3 is 0 Å². The number of benzene rings is 2. The summed E-state index contributed by atoms with van der Waals surface area (Å²) in [5.41, 5.74) is 0.623. The van der Waals surface area contributed by atoms with Gasteiger partial charge in [-0.25, -0.2) is 0 Å². The highest BCUT2D eigenvalue weighted by atomic mass is 16.5. The van der Waals surface area contributed by atoms with E-state index in [0.29, 0.717) is 31.0 Å². The van der Waals surface area contributed by atoms with Crippen LogP contribution < -0.4 is 19.7 Å². The molecule has 2 aromatic carbocycles. The van der Waals surface area contributed by atoms with E-state index in [4.69, 9.17) is 9.47 Å². The van der Waals surface area contributed by atoms with Crippen molar-refractivity contribution in [3.8, 4) is 11.5 Å². The summed E-state index contributed by atoms with van der Waals surface area (Å²) in [6, 6.07) is 16.8. The third-order valence-electron chi connectivity index (χ3n) is 4.03. The molecule has 6 nitrogen and oxygen atoms in total. The van der Waals surface area contributed by atoms with Gasteiger partial charge in [-0.15, -0.1) is 0 Å². The summed E-state index contributed by atoms with van der Waals surface area (Å²) in [5, 5.41) is 2.83. The fraction of sp³-hybridized carbons (Fsp3) is 0.300. The number of ether oxygens (including phenoxy) is 2. The summed E-state index contributed by atoms with van der Waals surface area (Å²) in [6.07, 6.45) is 0.0852. The van der Waals surface area contributed by atoms with Crippen LogP contribution in [0.4, 0.5) is 5.69 Å². The number of nitrogens with zero attached hydrogens (tertiary/aromatic N) is 1. The molecule has 0 fully saturated rings. The fourth-order valence-electron chi connectivity index (χ4n) is 2.73. The van der Waals surface area contributed by atoms with Gasteiger partial charge in [-0.05, 0) is 37.6 Å². The Bertz CT molecular complexity index is 763. The molecule has 0 saturated heterocycles. The van der Waals surface area contributed by atoms with Crippen molar-refractivity contribution in [2.45, 2.75) is 19.4 Å². The Balaban J connectivity index is 1.46. The molecule has 0 spiro atoms. The van der Waals surface area contributed by atoms with E-state index in [-0.39, 0.29) is 18.4 Å². The highest BCUT2D eigenvalue weighted by Crippen LogP contribution is 2.33. The van der Waals surface area contributed by atoms with Crippen LogP contribution in [0, 0.1) is 0 Å². The van der Waals surface area contributed by atoms with Crippen LogP contribution in [-0.4, -0.2) is 37.6 Å². The van der Waals surface area contributed by atoms with Gasteiger partial charge in [0.1, 0.15) is 18.0 Å². The van der Waals surface area contributed by atoms with Crippen molar-refractivity contribution in [2.75, 3.05) is 24.6 Å². The molecule has 1 aliphatic heterocycles. The number of para-hydroxylation sites is 3. The minimum Gasteiger partial charge on any atom is -0.494 e. The molecule has 0 radical (unpaired) electrons. The molecule has 2 amide bonds. The number of nitrogens with one attached hydrogen (secondary N) is 1. The molecule has 1 heterocycles. The van der Waals surface area contributed by atoms with Crippen LogP contribution in [0.15, 0.2) is 54.6 Å². The first-order chi connectivity index (χ1) is 12.6. The Morgan fingerprint density at radius 3 is 2.69 bits per heavy atom. The van der Waals surface area contributed by atoms with Gasteiger partial charge in [-0.1, -0.05) is 30.3 Å². The molecule has 1 N–H and O–H groups in total. The third-order valence-corrected chi connectivity index (χ3v) is 4.03. The zero-order valence-corrected chi connectivity index (χ0v) is 14.7. The molecule has 136 valence electrons. The molecule has 3 rings (SSSR count). The molecule has 6 heteroatoms. The van der Waals surface area contributed by atoms with Crippen molar-refractivity contribution < 1.29 is 19.1 Å². The van der Waals surface area contributed by atoms with Crippen molar-refractivity contribution in [1.29, 1.82) is 0 Å². The summed E-state index contributed by atoms with van der Waals surface area (Å²) in [7, 11) is 0. The lowest BCUT2D eigenvalue weighted by molar-refractivity contribution is -0.128. The van der Waals surface area contributed by atoms with Crippen LogP contribution >= 0.6 is 0 Å². The Labute approximate surface area is 152 Å². The third kappa shape index (κ3) is 4.33. The molecule has 0 aromatic heterocycles. The number of fused-ring (bicyclic) bond motifs is 1. The van der Waals surface area contributed by atoms with Gasteiger partial charge in [-0.3, -0.25) is 14.5 Å². The van der Waals surface area contributed by atoms with Gasteiger partial charge < -0.3 is 14.8 Å². The maximum atomic E-state index is 12.4. The van der Waals surface area contributed by atoms with E-state index in [2.05, 4.69) is 5.32 Å². The normalized spacial score (nSPS) is 15.8. The Kier molecular flexibility index (Phi) is 5.73. The van der Waals surface area contributed by atoms with E-state index >= 15 is 0 Å². The lowest BCUT2D eigenvalue weighted by Crippen LogP contribution is -2.48. The van der Waals surface area contributed by atoms with Crippen LogP contribution in [-0.2, 0) is 9.59 Å². The predicted molar refractivity (Wildman–Crippen MR) is 98.4 cm³/mol. The molecule has 1 aliphatic rings. The van der Waals surface area contributed by atoms with E-state index in [1.165, 1.54) is 4.90 Å². The standard InChI is InChI=1S/C20H22N2O4/c1-15-20(24)22(17-10-5-6-11-18(17)26-15)14-19(23)21-12-7-13-25-16-8-3-2-4-9-16/h2-6,8-11,15H,7,12-14H2,1H3,(H,21,23). The predicted octanol–water partition coefficient (Wildman–Crippen LogP) is 2.39. The smallest absolute Gasteiger partial charge is 0.268 e. The number of carbonyl (C=O) groups is 2. The summed E-state index contributed by atoms with van der Waals surface area (Å²) in [5.74, 6) is 1.00. The molecule has 2 aromatic rings. The summed E-state index contributed by atoms with van der Waals surface area (Å²) < 4.78 is 11.2. The highest BCUT2D eigenvalue weighted by molar-refractivity contribution is 6.03. The number of carbonyl (C=O) groups excluding carboxylic acids is 2. The van der Waals surface area contributed by atoms with E-state index in [9.17, 15) is 9.59 Å². The zero-order chi connectivity index (χ0) is 18.4. The molecule has 0 aliphatic carbocycles. The topological polar surface area (TPSA) is 67.9 Å². The number of amides is 2. The Morgan fingerprint density at radius 1 is 1.15 bits per heavy atom. The van der Waals surface area contributed by atoms with Crippen LogP contribution in [0.25, 0.3) is 0 Å². The van der Waals surface area contributed by atoms with Crippen LogP contribution in [0.3, 0.4) is 0 Å². The lowest BCUT2D eigenvalue weighted by atomic mass is 10.2. The number of hydrogen-bond donors (Lipinski definition) is 1. The molecule has 1 atom stereocenters. The molecule has 26 heavy (non-hydrogen) atoms. The quantitative estimate of drug-likeness (QED) is 0.775.